The van der Waals surface area contributed by atoms with Crippen LogP contribution in [0.1, 0.15) is 49.0 Å². The minimum atomic E-state index is -1.17. The number of piperazine rings is 1. The Morgan fingerprint density at radius 2 is 1.76 bits per heavy atom. The van der Waals surface area contributed by atoms with Gasteiger partial charge in [-0.15, -0.1) is 0 Å². The zero-order valence-electron chi connectivity index (χ0n) is 29.6. The fourth-order valence-electron chi connectivity index (χ4n) is 6.81. The number of primary amides is 1. The summed E-state index contributed by atoms with van der Waals surface area (Å²) in [4.78, 5) is 17.4. The lowest BCUT2D eigenvalue weighted by molar-refractivity contribution is 0.0817. The third kappa shape index (κ3) is 8.76. The molecule has 260 valence electrons. The van der Waals surface area contributed by atoms with Crippen molar-refractivity contribution in [2.24, 2.45) is 11.1 Å². The molecule has 1 aliphatic heterocycles. The van der Waals surface area contributed by atoms with Crippen molar-refractivity contribution in [3.8, 4) is 11.5 Å². The van der Waals surface area contributed by atoms with Gasteiger partial charge in [0.15, 0.2) is 0 Å². The minimum absolute atomic E-state index is 0.293. The Morgan fingerprint density at radius 1 is 1.00 bits per heavy atom. The monoisotopic (exact) mass is 699 g/mol. The summed E-state index contributed by atoms with van der Waals surface area (Å²) in [6, 6.07) is 21.0. The van der Waals surface area contributed by atoms with Gasteiger partial charge in [-0.1, -0.05) is 68.9 Å². The van der Waals surface area contributed by atoms with Crippen LogP contribution in [0.5, 0.6) is 11.5 Å². The van der Waals surface area contributed by atoms with Gasteiger partial charge in [0.05, 0.1) is 22.7 Å². The molecule has 2 aliphatic rings. The number of halogens is 1. The van der Waals surface area contributed by atoms with Crippen LogP contribution < -0.4 is 15.4 Å². The van der Waals surface area contributed by atoms with E-state index in [-0.39, 0.29) is 0 Å². The van der Waals surface area contributed by atoms with Crippen molar-refractivity contribution in [2.45, 2.75) is 65.5 Å². The van der Waals surface area contributed by atoms with Gasteiger partial charge in [0, 0.05) is 64.2 Å². The molecule has 8 nitrogen and oxygen atoms in total. The number of aromatic nitrogens is 2. The third-order valence-corrected chi connectivity index (χ3v) is 11.8. The molecule has 49 heavy (non-hydrogen) atoms. The van der Waals surface area contributed by atoms with Gasteiger partial charge >= 0.3 is 0 Å². The van der Waals surface area contributed by atoms with E-state index in [9.17, 15) is 4.79 Å². The second-order valence-electron chi connectivity index (χ2n) is 15.5. The van der Waals surface area contributed by atoms with E-state index >= 15 is 0 Å². The highest BCUT2D eigenvalue weighted by Gasteiger charge is 2.29. The Labute approximate surface area is 296 Å². The summed E-state index contributed by atoms with van der Waals surface area (Å²) in [6.07, 6.45) is 5.20. The molecule has 1 aromatic heterocycles. The fourth-order valence-corrected chi connectivity index (χ4v) is 7.69. The molecule has 0 saturated carbocycles. The quantitative estimate of drug-likeness (QED) is 0.118. The van der Waals surface area contributed by atoms with Gasteiger partial charge in [0.25, 0.3) is 5.91 Å². The van der Waals surface area contributed by atoms with E-state index in [0.717, 1.165) is 79.8 Å². The average molecular weight is 700 g/mol. The maximum atomic E-state index is 12.5. The topological polar surface area (TPSA) is 85.9 Å². The number of carbonyl (C=O) groups excluding carboxylic acids is 1. The summed E-state index contributed by atoms with van der Waals surface area (Å²) in [5, 5.41) is 6.20. The SMILES string of the molecule is CC1(C)CCC(CN2CCN(c3ccc(C(N)=O)c(Oc4cccc5c4cnn5COCC[Si](C)(C)C)c3)CC2)=C(c2ccc(Cl)cc2)C1. The normalized spacial score (nSPS) is 17.1. The molecular weight excluding hydrogens is 650 g/mol. The summed E-state index contributed by atoms with van der Waals surface area (Å²) < 4.78 is 14.3. The van der Waals surface area contributed by atoms with Crippen LogP contribution in [0.2, 0.25) is 30.7 Å². The van der Waals surface area contributed by atoms with Crippen LogP contribution in [0, 0.1) is 5.41 Å². The van der Waals surface area contributed by atoms with Gasteiger partial charge in [-0.25, -0.2) is 4.68 Å². The van der Waals surface area contributed by atoms with E-state index < -0.39 is 14.0 Å². The Bertz CT molecular complexity index is 1820. The van der Waals surface area contributed by atoms with Crippen molar-refractivity contribution in [1.29, 1.82) is 0 Å². The highest BCUT2D eigenvalue weighted by atomic mass is 35.5. The van der Waals surface area contributed by atoms with E-state index in [4.69, 9.17) is 26.8 Å². The number of fused-ring (bicyclic) bond motifs is 1. The maximum Gasteiger partial charge on any atom is 0.252 e. The lowest BCUT2D eigenvalue weighted by Crippen LogP contribution is -2.47. The highest BCUT2D eigenvalue weighted by molar-refractivity contribution is 6.76. The van der Waals surface area contributed by atoms with Gasteiger partial charge in [-0.3, -0.25) is 9.69 Å². The van der Waals surface area contributed by atoms with Crippen LogP contribution in [0.15, 0.2) is 72.4 Å². The van der Waals surface area contributed by atoms with Gasteiger partial charge in [-0.05, 0) is 78.3 Å². The summed E-state index contributed by atoms with van der Waals surface area (Å²) in [7, 11) is -1.17. The molecule has 1 fully saturated rings. The standard InChI is InChI=1S/C39H50ClN5O3Si/c1-39(2)16-15-29(33(24-39)28-9-11-30(40)12-10-28)26-43-17-19-44(20-18-43)31-13-14-32(38(41)46)37(23-31)48-36-8-6-7-35-34(36)25-42-45(35)27-47-21-22-49(3,4)5/h6-14,23,25H,15-22,24,26-27H2,1-5H3,(H2,41,46). The van der Waals surface area contributed by atoms with Gasteiger partial charge < -0.3 is 20.1 Å². The molecule has 10 heteroatoms. The first-order chi connectivity index (χ1) is 23.3. The van der Waals surface area contributed by atoms with E-state index in [2.05, 4.69) is 60.5 Å². The van der Waals surface area contributed by atoms with E-state index in [1.165, 1.54) is 17.6 Å². The number of nitrogens with two attached hydrogens (primary N) is 1. The van der Waals surface area contributed by atoms with Crippen molar-refractivity contribution in [3.63, 3.8) is 0 Å². The number of amides is 1. The number of benzene rings is 3. The van der Waals surface area contributed by atoms with Crippen LogP contribution in [0.4, 0.5) is 5.69 Å². The first kappa shape index (κ1) is 35.2. The van der Waals surface area contributed by atoms with Crippen LogP contribution in [0.3, 0.4) is 0 Å². The number of ether oxygens (including phenoxy) is 2. The van der Waals surface area contributed by atoms with E-state index in [1.54, 1.807) is 17.8 Å². The Hall–Kier alpha value is -3.63. The zero-order valence-corrected chi connectivity index (χ0v) is 31.4. The first-order valence-corrected chi connectivity index (χ1v) is 21.5. The Morgan fingerprint density at radius 3 is 2.47 bits per heavy atom. The lowest BCUT2D eigenvalue weighted by Gasteiger charge is -2.39. The van der Waals surface area contributed by atoms with Crippen LogP contribution in [0.25, 0.3) is 16.5 Å². The minimum Gasteiger partial charge on any atom is -0.456 e. The molecule has 4 aromatic rings. The molecule has 1 aliphatic carbocycles. The number of rotatable bonds is 12. The fraction of sp³-hybridized carbons (Fsp3) is 0.436. The number of carbonyl (C=O) groups is 1. The molecule has 2 heterocycles. The number of nitrogens with zero attached hydrogens (tertiary/aromatic N) is 4. The number of anilines is 1. The molecule has 0 unspecified atom stereocenters. The van der Waals surface area contributed by atoms with Crippen molar-refractivity contribution in [1.82, 2.24) is 14.7 Å². The number of hydrogen-bond donors (Lipinski definition) is 1. The second kappa shape index (κ2) is 14.7. The predicted molar refractivity (Wildman–Crippen MR) is 204 cm³/mol. The molecule has 2 N–H and O–H groups in total. The van der Waals surface area contributed by atoms with Crippen LogP contribution >= 0.6 is 11.6 Å². The molecule has 1 saturated heterocycles. The van der Waals surface area contributed by atoms with E-state index in [1.807, 2.05) is 47.1 Å². The highest BCUT2D eigenvalue weighted by Crippen LogP contribution is 2.43. The van der Waals surface area contributed by atoms with Crippen molar-refractivity contribution >= 4 is 47.7 Å². The molecule has 0 radical (unpaired) electrons. The van der Waals surface area contributed by atoms with Crippen molar-refractivity contribution in [3.05, 3.63) is 88.6 Å². The molecule has 6 rings (SSSR count). The summed E-state index contributed by atoms with van der Waals surface area (Å²) in [5.41, 5.74) is 12.7. The smallest absolute Gasteiger partial charge is 0.252 e. The molecule has 1 amide bonds. The van der Waals surface area contributed by atoms with Gasteiger partial charge in [0.2, 0.25) is 0 Å². The Kier molecular flexibility index (Phi) is 10.6. The predicted octanol–water partition coefficient (Wildman–Crippen LogP) is 8.68. The summed E-state index contributed by atoms with van der Waals surface area (Å²) in [5.74, 6) is 0.544. The van der Waals surface area contributed by atoms with E-state index in [0.29, 0.717) is 29.2 Å². The first-order valence-electron chi connectivity index (χ1n) is 17.4. The average Bonchev–Trinajstić information content (AvgIpc) is 3.48. The second-order valence-corrected chi connectivity index (χ2v) is 21.6. The van der Waals surface area contributed by atoms with Crippen molar-refractivity contribution in [2.75, 3.05) is 44.2 Å². The Balaban J connectivity index is 1.15. The summed E-state index contributed by atoms with van der Waals surface area (Å²) >= 11 is 6.22. The van der Waals surface area contributed by atoms with Crippen molar-refractivity contribution < 1.29 is 14.3 Å². The number of hydrogen-bond acceptors (Lipinski definition) is 6. The largest absolute Gasteiger partial charge is 0.456 e. The summed E-state index contributed by atoms with van der Waals surface area (Å²) in [6.45, 7) is 17.5. The zero-order chi connectivity index (χ0) is 34.8. The lowest BCUT2D eigenvalue weighted by atomic mass is 9.72. The maximum absolute atomic E-state index is 12.5. The van der Waals surface area contributed by atoms with Gasteiger partial charge in [0.1, 0.15) is 18.2 Å². The molecule has 0 atom stereocenters. The molecule has 0 bridgehead atoms. The molecular formula is C39H50ClN5O3Si. The number of allylic oxidation sites excluding steroid dienone is 1. The molecule has 3 aromatic carbocycles. The third-order valence-electron chi connectivity index (χ3n) is 9.84. The van der Waals surface area contributed by atoms with Gasteiger partial charge in [-0.2, -0.15) is 5.10 Å². The van der Waals surface area contributed by atoms with Crippen LogP contribution in [-0.2, 0) is 11.5 Å². The van der Waals surface area contributed by atoms with Crippen LogP contribution in [-0.4, -0.2) is 68.0 Å². The molecule has 0 spiro atoms.